The molecular weight excluding hydrogens is 328 g/mol. The lowest BCUT2D eigenvalue weighted by molar-refractivity contribution is 0.0977. The zero-order chi connectivity index (χ0) is 17.4. The molecule has 0 unspecified atom stereocenters. The third kappa shape index (κ3) is 4.63. The van der Waals surface area contributed by atoms with E-state index >= 15 is 0 Å². The Bertz CT molecular complexity index is 685. The number of carbonyl (C=O) groups is 1. The molecule has 0 aliphatic carbocycles. The van der Waals surface area contributed by atoms with Crippen molar-refractivity contribution in [3.8, 4) is 11.8 Å². The number of benzene rings is 1. The van der Waals surface area contributed by atoms with Crippen LogP contribution < -0.4 is 20.1 Å². The number of hydrogen-bond donors (Lipinski definition) is 2. The van der Waals surface area contributed by atoms with Crippen LogP contribution in [0.2, 0.25) is 0 Å². The minimum Gasteiger partial charge on any atom is -0.476 e. The van der Waals surface area contributed by atoms with Crippen LogP contribution in [0.15, 0.2) is 36.7 Å². The molecule has 24 heavy (non-hydrogen) atoms. The monoisotopic (exact) mass is 346 g/mol. The van der Waals surface area contributed by atoms with Gasteiger partial charge in [0.25, 0.3) is 5.91 Å². The van der Waals surface area contributed by atoms with E-state index in [1.165, 1.54) is 6.33 Å². The maximum absolute atomic E-state index is 12.1. The third-order valence-corrected chi connectivity index (χ3v) is 3.05. The van der Waals surface area contributed by atoms with E-state index in [2.05, 4.69) is 20.6 Å². The highest BCUT2D eigenvalue weighted by molar-refractivity contribution is 7.80. The number of thiocarbonyl (C=S) groups is 1. The van der Waals surface area contributed by atoms with Gasteiger partial charge in [0.15, 0.2) is 10.8 Å². The number of rotatable bonds is 6. The average molecular weight is 346 g/mol. The van der Waals surface area contributed by atoms with Crippen molar-refractivity contribution in [3.63, 3.8) is 0 Å². The molecular formula is C16H18N4O3S. The summed E-state index contributed by atoms with van der Waals surface area (Å²) in [4.78, 5) is 20.2. The molecule has 0 spiro atoms. The zero-order valence-corrected chi connectivity index (χ0v) is 14.2. The Morgan fingerprint density at radius 3 is 2.21 bits per heavy atom. The summed E-state index contributed by atoms with van der Waals surface area (Å²) in [7, 11) is 0. The van der Waals surface area contributed by atoms with Gasteiger partial charge in [-0.1, -0.05) is 18.2 Å². The van der Waals surface area contributed by atoms with Gasteiger partial charge >= 0.3 is 0 Å². The van der Waals surface area contributed by atoms with Crippen molar-refractivity contribution in [1.82, 2.24) is 15.3 Å². The molecule has 2 aromatic rings. The van der Waals surface area contributed by atoms with E-state index in [-0.39, 0.29) is 11.0 Å². The third-order valence-electron chi connectivity index (χ3n) is 2.84. The highest BCUT2D eigenvalue weighted by Gasteiger charge is 2.16. The highest BCUT2D eigenvalue weighted by Crippen LogP contribution is 2.30. The van der Waals surface area contributed by atoms with Crippen LogP contribution in [0.5, 0.6) is 11.8 Å². The quantitative estimate of drug-likeness (QED) is 0.777. The molecule has 0 fully saturated rings. The Morgan fingerprint density at radius 1 is 1.08 bits per heavy atom. The summed E-state index contributed by atoms with van der Waals surface area (Å²) >= 11 is 5.19. The van der Waals surface area contributed by atoms with Crippen molar-refractivity contribution in [2.75, 3.05) is 18.5 Å². The summed E-state index contributed by atoms with van der Waals surface area (Å²) in [5.74, 6) is 0.278. The Balaban J connectivity index is 2.14. The Hall–Kier alpha value is -2.74. The van der Waals surface area contributed by atoms with Crippen LogP contribution in [0.1, 0.15) is 24.2 Å². The second-order valence-electron chi connectivity index (χ2n) is 4.50. The lowest BCUT2D eigenvalue weighted by atomic mass is 10.2. The summed E-state index contributed by atoms with van der Waals surface area (Å²) < 4.78 is 10.9. The highest BCUT2D eigenvalue weighted by atomic mass is 32.1. The number of anilines is 1. The van der Waals surface area contributed by atoms with Crippen LogP contribution in [0.4, 0.5) is 5.69 Å². The van der Waals surface area contributed by atoms with Gasteiger partial charge in [-0.05, 0) is 38.2 Å². The maximum Gasteiger partial charge on any atom is 0.257 e. The lowest BCUT2D eigenvalue weighted by Crippen LogP contribution is -2.34. The minimum absolute atomic E-state index is 0.0977. The number of aromatic nitrogens is 2. The smallest absolute Gasteiger partial charge is 0.257 e. The van der Waals surface area contributed by atoms with Gasteiger partial charge in [0.1, 0.15) is 6.33 Å². The first-order valence-electron chi connectivity index (χ1n) is 7.43. The van der Waals surface area contributed by atoms with Gasteiger partial charge in [-0.25, -0.2) is 0 Å². The van der Waals surface area contributed by atoms with Crippen molar-refractivity contribution >= 4 is 28.9 Å². The van der Waals surface area contributed by atoms with E-state index in [4.69, 9.17) is 21.7 Å². The van der Waals surface area contributed by atoms with Crippen molar-refractivity contribution in [1.29, 1.82) is 0 Å². The predicted molar refractivity (Wildman–Crippen MR) is 94.5 cm³/mol. The van der Waals surface area contributed by atoms with E-state index in [0.29, 0.717) is 36.2 Å². The summed E-state index contributed by atoms with van der Waals surface area (Å²) in [5, 5.41) is 5.57. The van der Waals surface area contributed by atoms with Crippen molar-refractivity contribution in [2.24, 2.45) is 0 Å². The summed E-state index contributed by atoms with van der Waals surface area (Å²) in [6.07, 6.45) is 1.34. The first kappa shape index (κ1) is 17.6. The molecule has 1 heterocycles. The summed E-state index contributed by atoms with van der Waals surface area (Å²) in [6.45, 7) is 4.50. The Labute approximate surface area is 145 Å². The molecule has 1 aromatic heterocycles. The molecule has 126 valence electrons. The van der Waals surface area contributed by atoms with Gasteiger partial charge in [0.05, 0.1) is 13.2 Å². The molecule has 0 bridgehead atoms. The SMILES string of the molecule is CCOc1ncnc(OCC)c1NC(=S)NC(=O)c1ccccc1. The largest absolute Gasteiger partial charge is 0.476 e. The number of carbonyl (C=O) groups excluding carboxylic acids is 1. The van der Waals surface area contributed by atoms with Gasteiger partial charge in [-0.3, -0.25) is 10.1 Å². The second-order valence-corrected chi connectivity index (χ2v) is 4.91. The number of nitrogens with zero attached hydrogens (tertiary/aromatic N) is 2. The average Bonchev–Trinajstić information content (AvgIpc) is 2.59. The van der Waals surface area contributed by atoms with Gasteiger partial charge in [0.2, 0.25) is 11.8 Å². The van der Waals surface area contributed by atoms with Crippen molar-refractivity contribution < 1.29 is 14.3 Å². The zero-order valence-electron chi connectivity index (χ0n) is 13.4. The number of hydrogen-bond acceptors (Lipinski definition) is 6. The molecule has 1 aromatic carbocycles. The number of nitrogens with one attached hydrogen (secondary N) is 2. The standard InChI is InChI=1S/C16H18N4O3S/c1-3-22-14-12(15(23-4-2)18-10-17-14)19-16(24)20-13(21)11-8-6-5-7-9-11/h5-10H,3-4H2,1-2H3,(H2,19,20,21,24). The van der Waals surface area contributed by atoms with Gasteiger partial charge in [0, 0.05) is 5.56 Å². The van der Waals surface area contributed by atoms with Crippen molar-refractivity contribution in [2.45, 2.75) is 13.8 Å². The second kappa shape index (κ2) is 8.78. The van der Waals surface area contributed by atoms with Crippen LogP contribution in [0, 0.1) is 0 Å². The molecule has 0 aliphatic heterocycles. The minimum atomic E-state index is -0.319. The molecule has 0 radical (unpaired) electrons. The van der Waals surface area contributed by atoms with E-state index in [9.17, 15) is 4.79 Å². The molecule has 0 atom stereocenters. The number of amides is 1. The van der Waals surface area contributed by atoms with Gasteiger partial charge in [-0.15, -0.1) is 0 Å². The van der Waals surface area contributed by atoms with E-state index in [1.54, 1.807) is 24.3 Å². The fourth-order valence-electron chi connectivity index (χ4n) is 1.86. The first-order valence-corrected chi connectivity index (χ1v) is 7.84. The molecule has 0 saturated heterocycles. The topological polar surface area (TPSA) is 85.4 Å². The van der Waals surface area contributed by atoms with Crippen LogP contribution in [-0.4, -0.2) is 34.2 Å². The van der Waals surface area contributed by atoms with E-state index < -0.39 is 0 Å². The van der Waals surface area contributed by atoms with Crippen LogP contribution in [0.25, 0.3) is 0 Å². The molecule has 2 rings (SSSR count). The maximum atomic E-state index is 12.1. The van der Waals surface area contributed by atoms with Gasteiger partial charge < -0.3 is 14.8 Å². The molecule has 2 N–H and O–H groups in total. The normalized spacial score (nSPS) is 9.92. The molecule has 7 nitrogen and oxygen atoms in total. The molecule has 8 heteroatoms. The molecule has 0 saturated carbocycles. The van der Waals surface area contributed by atoms with E-state index in [0.717, 1.165) is 0 Å². The summed E-state index contributed by atoms with van der Waals surface area (Å²) in [6, 6.07) is 8.77. The Kier molecular flexibility index (Phi) is 6.44. The number of ether oxygens (including phenoxy) is 2. The van der Waals surface area contributed by atoms with Crippen molar-refractivity contribution in [3.05, 3.63) is 42.2 Å². The molecule has 0 aliphatic rings. The van der Waals surface area contributed by atoms with Gasteiger partial charge in [-0.2, -0.15) is 9.97 Å². The fourth-order valence-corrected chi connectivity index (χ4v) is 2.06. The fraction of sp³-hybridized carbons (Fsp3) is 0.250. The van der Waals surface area contributed by atoms with E-state index in [1.807, 2.05) is 19.9 Å². The molecule has 1 amide bonds. The van der Waals surface area contributed by atoms with Crippen LogP contribution in [0.3, 0.4) is 0 Å². The first-order chi connectivity index (χ1) is 11.7. The van der Waals surface area contributed by atoms with Crippen LogP contribution >= 0.6 is 12.2 Å². The summed E-state index contributed by atoms with van der Waals surface area (Å²) in [5.41, 5.74) is 0.876. The van der Waals surface area contributed by atoms with Crippen LogP contribution in [-0.2, 0) is 0 Å². The lowest BCUT2D eigenvalue weighted by Gasteiger charge is -2.15. The Morgan fingerprint density at radius 2 is 1.67 bits per heavy atom. The predicted octanol–water partition coefficient (Wildman–Crippen LogP) is 2.40.